The van der Waals surface area contributed by atoms with Crippen molar-refractivity contribution in [1.29, 1.82) is 0 Å². The monoisotopic (exact) mass is 221 g/mol. The van der Waals surface area contributed by atoms with Gasteiger partial charge in [0.05, 0.1) is 18.8 Å². The maximum Gasteiger partial charge on any atom is 0.123 e. The molecular formula is C11H12FN3O. The lowest BCUT2D eigenvalue weighted by Gasteiger charge is -2.00. The zero-order valence-electron chi connectivity index (χ0n) is 8.84. The first-order valence-corrected chi connectivity index (χ1v) is 4.97. The number of nitrogens with zero attached hydrogens (tertiary/aromatic N) is 3. The highest BCUT2D eigenvalue weighted by atomic mass is 19.1. The molecule has 0 fully saturated rings. The van der Waals surface area contributed by atoms with Crippen LogP contribution < -0.4 is 0 Å². The average molecular weight is 221 g/mol. The minimum Gasteiger partial charge on any atom is -0.387 e. The van der Waals surface area contributed by atoms with Gasteiger partial charge < -0.3 is 5.11 Å². The van der Waals surface area contributed by atoms with E-state index in [2.05, 4.69) is 10.3 Å². The summed E-state index contributed by atoms with van der Waals surface area (Å²) in [6, 6.07) is 6.20. The van der Waals surface area contributed by atoms with Crippen molar-refractivity contribution in [1.82, 2.24) is 15.0 Å². The van der Waals surface area contributed by atoms with Gasteiger partial charge >= 0.3 is 0 Å². The van der Waals surface area contributed by atoms with Crippen molar-refractivity contribution in [2.75, 3.05) is 0 Å². The Morgan fingerprint density at radius 1 is 1.38 bits per heavy atom. The van der Waals surface area contributed by atoms with Crippen molar-refractivity contribution >= 4 is 0 Å². The second-order valence-corrected chi connectivity index (χ2v) is 3.64. The van der Waals surface area contributed by atoms with Gasteiger partial charge in [0.25, 0.3) is 0 Å². The van der Waals surface area contributed by atoms with E-state index in [-0.39, 0.29) is 5.82 Å². The van der Waals surface area contributed by atoms with Gasteiger partial charge in [-0.15, -0.1) is 5.10 Å². The molecule has 2 rings (SSSR count). The summed E-state index contributed by atoms with van der Waals surface area (Å²) in [6.45, 7) is 2.15. The smallest absolute Gasteiger partial charge is 0.123 e. The van der Waals surface area contributed by atoms with E-state index in [1.165, 1.54) is 12.1 Å². The zero-order valence-corrected chi connectivity index (χ0v) is 8.84. The highest BCUT2D eigenvalue weighted by molar-refractivity contribution is 5.16. The Morgan fingerprint density at radius 2 is 2.06 bits per heavy atom. The number of benzene rings is 1. The van der Waals surface area contributed by atoms with Gasteiger partial charge in [-0.25, -0.2) is 9.07 Å². The lowest BCUT2D eigenvalue weighted by molar-refractivity contribution is 0.194. The van der Waals surface area contributed by atoms with Gasteiger partial charge in [-0.1, -0.05) is 17.3 Å². The average Bonchev–Trinajstić information content (AvgIpc) is 2.70. The summed E-state index contributed by atoms with van der Waals surface area (Å²) in [5.74, 6) is -0.257. The summed E-state index contributed by atoms with van der Waals surface area (Å²) in [6.07, 6.45) is 1.05. The molecule has 1 aromatic carbocycles. The molecule has 4 nitrogen and oxygen atoms in total. The van der Waals surface area contributed by atoms with Crippen LogP contribution in [0.15, 0.2) is 30.5 Å². The standard InChI is InChI=1S/C11H12FN3O/c1-8(16)11-7-15(14-13-11)6-9-2-4-10(12)5-3-9/h2-5,7-8,16H,6H2,1H3/t8-/m1/s1. The molecule has 0 saturated carbocycles. The van der Waals surface area contributed by atoms with Crippen LogP contribution in [0.1, 0.15) is 24.3 Å². The number of hydrogen-bond donors (Lipinski definition) is 1. The van der Waals surface area contributed by atoms with Gasteiger partial charge in [0.15, 0.2) is 0 Å². The van der Waals surface area contributed by atoms with Crippen LogP contribution in [-0.4, -0.2) is 20.1 Å². The second-order valence-electron chi connectivity index (χ2n) is 3.64. The van der Waals surface area contributed by atoms with Crippen LogP contribution in [0.25, 0.3) is 0 Å². The van der Waals surface area contributed by atoms with E-state index in [0.29, 0.717) is 12.2 Å². The molecule has 2 aromatic rings. The molecule has 1 aromatic heterocycles. The molecule has 0 aliphatic rings. The van der Waals surface area contributed by atoms with Gasteiger partial charge in [0.2, 0.25) is 0 Å². The van der Waals surface area contributed by atoms with E-state index in [0.717, 1.165) is 5.56 Å². The quantitative estimate of drug-likeness (QED) is 0.854. The van der Waals surface area contributed by atoms with E-state index >= 15 is 0 Å². The highest BCUT2D eigenvalue weighted by Crippen LogP contribution is 2.08. The molecule has 5 heteroatoms. The van der Waals surface area contributed by atoms with Crippen LogP contribution >= 0.6 is 0 Å². The summed E-state index contributed by atoms with van der Waals surface area (Å²) in [7, 11) is 0. The van der Waals surface area contributed by atoms with Gasteiger partial charge in [-0.3, -0.25) is 0 Å². The SMILES string of the molecule is C[C@@H](O)c1cn(Cc2ccc(F)cc2)nn1. The van der Waals surface area contributed by atoms with E-state index < -0.39 is 6.10 Å². The fourth-order valence-electron chi connectivity index (χ4n) is 1.36. The fourth-order valence-corrected chi connectivity index (χ4v) is 1.36. The third-order valence-corrected chi connectivity index (χ3v) is 2.24. The van der Waals surface area contributed by atoms with Crippen molar-refractivity contribution in [3.63, 3.8) is 0 Å². The predicted molar refractivity (Wildman–Crippen MR) is 56.2 cm³/mol. The first-order valence-electron chi connectivity index (χ1n) is 4.97. The van der Waals surface area contributed by atoms with Crippen LogP contribution in [0.5, 0.6) is 0 Å². The molecule has 84 valence electrons. The maximum absolute atomic E-state index is 12.7. The Balaban J connectivity index is 2.11. The summed E-state index contributed by atoms with van der Waals surface area (Å²) in [5.41, 5.74) is 1.46. The molecule has 1 heterocycles. The molecule has 0 aliphatic carbocycles. The molecule has 0 bridgehead atoms. The maximum atomic E-state index is 12.7. The number of hydrogen-bond acceptors (Lipinski definition) is 3. The number of aliphatic hydroxyl groups is 1. The zero-order chi connectivity index (χ0) is 11.5. The molecule has 0 aliphatic heterocycles. The van der Waals surface area contributed by atoms with Gasteiger partial charge in [-0.05, 0) is 24.6 Å². The highest BCUT2D eigenvalue weighted by Gasteiger charge is 2.06. The molecule has 0 spiro atoms. The lowest BCUT2D eigenvalue weighted by atomic mass is 10.2. The predicted octanol–water partition coefficient (Wildman–Crippen LogP) is 1.52. The van der Waals surface area contributed by atoms with Crippen LogP contribution in [-0.2, 0) is 6.54 Å². The summed E-state index contributed by atoms with van der Waals surface area (Å²) in [5, 5.41) is 17.0. The van der Waals surface area contributed by atoms with Gasteiger partial charge in [0, 0.05) is 0 Å². The molecule has 0 saturated heterocycles. The van der Waals surface area contributed by atoms with Crippen LogP contribution in [0.3, 0.4) is 0 Å². The van der Waals surface area contributed by atoms with E-state index in [1.54, 1.807) is 29.9 Å². The molecule has 16 heavy (non-hydrogen) atoms. The molecule has 0 radical (unpaired) electrons. The van der Waals surface area contributed by atoms with E-state index in [9.17, 15) is 9.50 Å². The largest absolute Gasteiger partial charge is 0.387 e. The topological polar surface area (TPSA) is 50.9 Å². The minimum atomic E-state index is -0.623. The van der Waals surface area contributed by atoms with Crippen LogP contribution in [0.2, 0.25) is 0 Å². The Labute approximate surface area is 92.3 Å². The molecule has 0 unspecified atom stereocenters. The van der Waals surface area contributed by atoms with Crippen molar-refractivity contribution < 1.29 is 9.50 Å². The lowest BCUT2D eigenvalue weighted by Crippen LogP contribution is -2.00. The summed E-state index contributed by atoms with van der Waals surface area (Å²) in [4.78, 5) is 0. The number of aliphatic hydroxyl groups excluding tert-OH is 1. The van der Waals surface area contributed by atoms with Crippen molar-refractivity contribution in [3.8, 4) is 0 Å². The van der Waals surface area contributed by atoms with Gasteiger partial charge in [0.1, 0.15) is 11.5 Å². The van der Waals surface area contributed by atoms with Crippen LogP contribution in [0, 0.1) is 5.82 Å². The Bertz CT molecular complexity index is 464. The number of rotatable bonds is 3. The summed E-state index contributed by atoms with van der Waals surface area (Å²) >= 11 is 0. The second kappa shape index (κ2) is 4.40. The molecule has 1 N–H and O–H groups in total. The normalized spacial score (nSPS) is 12.7. The van der Waals surface area contributed by atoms with E-state index in [1.807, 2.05) is 0 Å². The van der Waals surface area contributed by atoms with Crippen LogP contribution in [0.4, 0.5) is 4.39 Å². The van der Waals surface area contributed by atoms with Crippen molar-refractivity contribution in [2.24, 2.45) is 0 Å². The molecule has 1 atom stereocenters. The summed E-state index contributed by atoms with van der Waals surface area (Å²) < 4.78 is 14.3. The fraction of sp³-hybridized carbons (Fsp3) is 0.273. The van der Waals surface area contributed by atoms with Crippen molar-refractivity contribution in [2.45, 2.75) is 19.6 Å². The number of aromatic nitrogens is 3. The van der Waals surface area contributed by atoms with Crippen molar-refractivity contribution in [3.05, 3.63) is 47.5 Å². The third-order valence-electron chi connectivity index (χ3n) is 2.24. The first kappa shape index (κ1) is 10.8. The molecular weight excluding hydrogens is 209 g/mol. The Kier molecular flexibility index (Phi) is 2.96. The Morgan fingerprint density at radius 3 is 2.62 bits per heavy atom. The van der Waals surface area contributed by atoms with Gasteiger partial charge in [-0.2, -0.15) is 0 Å². The minimum absolute atomic E-state index is 0.257. The first-order chi connectivity index (χ1) is 7.65. The molecule has 0 amide bonds. The van der Waals surface area contributed by atoms with E-state index in [4.69, 9.17) is 0 Å². The number of halogens is 1. The Hall–Kier alpha value is -1.75. The third kappa shape index (κ3) is 2.43.